The first-order chi connectivity index (χ1) is 8.16. The van der Waals surface area contributed by atoms with Gasteiger partial charge in [-0.15, -0.1) is 0 Å². The van der Waals surface area contributed by atoms with Gasteiger partial charge in [0, 0.05) is 11.0 Å². The number of nitrogens with one attached hydrogen (secondary N) is 1. The fourth-order valence-corrected chi connectivity index (χ4v) is 2.43. The molecule has 2 nitrogen and oxygen atoms in total. The number of carbonyl (C=O) groups excluding carboxylic acids is 1. The van der Waals surface area contributed by atoms with Crippen molar-refractivity contribution in [1.29, 1.82) is 0 Å². The Hall–Kier alpha value is -0.480. The molecular weight excluding hydrogens is 298 g/mol. The molecule has 0 aliphatic rings. The number of unbranched alkanes of at least 4 members (excludes halogenated alkanes) is 1. The average Bonchev–Trinajstić information content (AvgIpc) is 2.32. The van der Waals surface area contributed by atoms with E-state index in [0.29, 0.717) is 0 Å². The van der Waals surface area contributed by atoms with Crippen LogP contribution in [0.1, 0.15) is 28.8 Å². The van der Waals surface area contributed by atoms with Crippen LogP contribution in [0.5, 0.6) is 0 Å². The van der Waals surface area contributed by atoms with Crippen molar-refractivity contribution >= 4 is 33.6 Å². The standard InChI is InChI=1S/C13H18BrNOS/c1-10-6-5-7-11(12(10)14)13(16)15-8-3-4-9-17-2/h5-7H,3-4,8-9H2,1-2H3,(H,15,16). The van der Waals surface area contributed by atoms with Crippen LogP contribution in [0.4, 0.5) is 0 Å². The molecule has 0 saturated heterocycles. The molecule has 1 aromatic rings. The lowest BCUT2D eigenvalue weighted by Gasteiger charge is -2.08. The molecule has 0 aliphatic heterocycles. The number of carbonyl (C=O) groups is 1. The van der Waals surface area contributed by atoms with Gasteiger partial charge in [0.05, 0.1) is 5.56 Å². The lowest BCUT2D eigenvalue weighted by molar-refractivity contribution is 0.0952. The molecule has 0 spiro atoms. The predicted octanol–water partition coefficient (Wildman–Crippen LogP) is 3.63. The minimum atomic E-state index is 0.00438. The summed E-state index contributed by atoms with van der Waals surface area (Å²) in [6, 6.07) is 5.73. The van der Waals surface area contributed by atoms with E-state index in [-0.39, 0.29) is 5.91 Å². The van der Waals surface area contributed by atoms with E-state index in [2.05, 4.69) is 27.5 Å². The highest BCUT2D eigenvalue weighted by Crippen LogP contribution is 2.20. The van der Waals surface area contributed by atoms with E-state index in [9.17, 15) is 4.79 Å². The number of amides is 1. The van der Waals surface area contributed by atoms with Crippen molar-refractivity contribution in [3.05, 3.63) is 33.8 Å². The second kappa shape index (κ2) is 7.77. The van der Waals surface area contributed by atoms with E-state index in [1.807, 2.05) is 36.9 Å². The highest BCUT2D eigenvalue weighted by molar-refractivity contribution is 9.10. The molecule has 0 aliphatic carbocycles. The highest BCUT2D eigenvalue weighted by atomic mass is 79.9. The molecule has 0 heterocycles. The molecule has 1 amide bonds. The van der Waals surface area contributed by atoms with Crippen LogP contribution < -0.4 is 5.32 Å². The predicted molar refractivity (Wildman–Crippen MR) is 78.8 cm³/mol. The summed E-state index contributed by atoms with van der Waals surface area (Å²) in [4.78, 5) is 11.9. The third-order valence-corrected chi connectivity index (χ3v) is 4.25. The molecule has 0 atom stereocenters. The van der Waals surface area contributed by atoms with Gasteiger partial charge in [-0.2, -0.15) is 11.8 Å². The van der Waals surface area contributed by atoms with Crippen molar-refractivity contribution in [3.63, 3.8) is 0 Å². The molecule has 0 radical (unpaired) electrons. The zero-order valence-electron chi connectivity index (χ0n) is 10.3. The summed E-state index contributed by atoms with van der Waals surface area (Å²) < 4.78 is 0.890. The molecule has 0 bridgehead atoms. The first-order valence-electron chi connectivity index (χ1n) is 5.69. The Labute approximate surface area is 116 Å². The van der Waals surface area contributed by atoms with Gasteiger partial charge in [0.15, 0.2) is 0 Å². The Balaban J connectivity index is 2.44. The normalized spacial score (nSPS) is 10.3. The van der Waals surface area contributed by atoms with Crippen LogP contribution in [-0.2, 0) is 0 Å². The Morgan fingerprint density at radius 1 is 1.41 bits per heavy atom. The number of benzene rings is 1. The smallest absolute Gasteiger partial charge is 0.252 e. The SMILES string of the molecule is CSCCCCNC(=O)c1cccc(C)c1Br. The van der Waals surface area contributed by atoms with Crippen LogP contribution in [0.15, 0.2) is 22.7 Å². The molecule has 1 rings (SSSR count). The van der Waals surface area contributed by atoms with Gasteiger partial charge < -0.3 is 5.32 Å². The lowest BCUT2D eigenvalue weighted by atomic mass is 10.1. The first kappa shape index (κ1) is 14.6. The number of aryl methyl sites for hydroxylation is 1. The van der Waals surface area contributed by atoms with E-state index in [1.54, 1.807) is 0 Å². The third kappa shape index (κ3) is 4.72. The minimum absolute atomic E-state index is 0.00438. The monoisotopic (exact) mass is 315 g/mol. The molecule has 17 heavy (non-hydrogen) atoms. The Bertz CT molecular complexity index is 382. The maximum absolute atomic E-state index is 11.9. The fraction of sp³-hybridized carbons (Fsp3) is 0.462. The van der Waals surface area contributed by atoms with Crippen molar-refractivity contribution in [3.8, 4) is 0 Å². The maximum atomic E-state index is 11.9. The van der Waals surface area contributed by atoms with Crippen molar-refractivity contribution in [2.45, 2.75) is 19.8 Å². The molecule has 0 saturated carbocycles. The largest absolute Gasteiger partial charge is 0.352 e. The highest BCUT2D eigenvalue weighted by Gasteiger charge is 2.10. The van der Waals surface area contributed by atoms with Gasteiger partial charge in [-0.05, 0) is 59.3 Å². The van der Waals surface area contributed by atoms with Crippen LogP contribution in [0.2, 0.25) is 0 Å². The summed E-state index contributed by atoms with van der Waals surface area (Å²) in [7, 11) is 0. The summed E-state index contributed by atoms with van der Waals surface area (Å²) in [5.41, 5.74) is 1.80. The van der Waals surface area contributed by atoms with Crippen molar-refractivity contribution in [2.75, 3.05) is 18.6 Å². The summed E-state index contributed by atoms with van der Waals surface area (Å²) in [5.74, 6) is 1.16. The number of halogens is 1. The molecule has 0 aromatic heterocycles. The van der Waals surface area contributed by atoms with Gasteiger partial charge in [0.2, 0.25) is 0 Å². The average molecular weight is 316 g/mol. The Morgan fingerprint density at radius 2 is 2.18 bits per heavy atom. The van der Waals surface area contributed by atoms with Crippen LogP contribution in [0.3, 0.4) is 0 Å². The molecule has 1 N–H and O–H groups in total. The molecular formula is C13H18BrNOS. The van der Waals surface area contributed by atoms with Gasteiger partial charge in [-0.25, -0.2) is 0 Å². The van der Waals surface area contributed by atoms with Crippen molar-refractivity contribution < 1.29 is 4.79 Å². The second-order valence-corrected chi connectivity index (χ2v) is 5.67. The lowest BCUT2D eigenvalue weighted by Crippen LogP contribution is -2.25. The fourth-order valence-electron chi connectivity index (χ4n) is 1.49. The van der Waals surface area contributed by atoms with Gasteiger partial charge in [-0.3, -0.25) is 4.79 Å². The van der Waals surface area contributed by atoms with Crippen LogP contribution >= 0.6 is 27.7 Å². The van der Waals surface area contributed by atoms with Crippen LogP contribution in [0.25, 0.3) is 0 Å². The first-order valence-corrected chi connectivity index (χ1v) is 7.87. The molecule has 0 fully saturated rings. The van der Waals surface area contributed by atoms with Crippen molar-refractivity contribution in [2.24, 2.45) is 0 Å². The zero-order chi connectivity index (χ0) is 12.7. The van der Waals surface area contributed by atoms with E-state index < -0.39 is 0 Å². The Kier molecular flexibility index (Phi) is 6.66. The van der Waals surface area contributed by atoms with Gasteiger partial charge in [0.1, 0.15) is 0 Å². The Morgan fingerprint density at radius 3 is 2.88 bits per heavy atom. The number of thioether (sulfide) groups is 1. The molecule has 94 valence electrons. The second-order valence-electron chi connectivity index (χ2n) is 3.89. The number of hydrogen-bond acceptors (Lipinski definition) is 2. The van der Waals surface area contributed by atoms with Gasteiger partial charge in [-0.1, -0.05) is 12.1 Å². The van der Waals surface area contributed by atoms with Gasteiger partial charge >= 0.3 is 0 Å². The van der Waals surface area contributed by atoms with Gasteiger partial charge in [0.25, 0.3) is 5.91 Å². The summed E-state index contributed by atoms with van der Waals surface area (Å²) in [5, 5.41) is 2.95. The molecule has 0 unspecified atom stereocenters. The summed E-state index contributed by atoms with van der Waals surface area (Å²) in [6.07, 6.45) is 4.29. The van der Waals surface area contributed by atoms with E-state index in [0.717, 1.165) is 40.7 Å². The zero-order valence-corrected chi connectivity index (χ0v) is 12.7. The summed E-state index contributed by atoms with van der Waals surface area (Å²) in [6.45, 7) is 2.74. The maximum Gasteiger partial charge on any atom is 0.252 e. The molecule has 1 aromatic carbocycles. The van der Waals surface area contributed by atoms with Crippen LogP contribution in [-0.4, -0.2) is 24.5 Å². The summed E-state index contributed by atoms with van der Waals surface area (Å²) >= 11 is 5.29. The van der Waals surface area contributed by atoms with E-state index >= 15 is 0 Å². The van der Waals surface area contributed by atoms with E-state index in [4.69, 9.17) is 0 Å². The van der Waals surface area contributed by atoms with Crippen molar-refractivity contribution in [1.82, 2.24) is 5.32 Å². The minimum Gasteiger partial charge on any atom is -0.352 e. The quantitative estimate of drug-likeness (QED) is 0.812. The third-order valence-electron chi connectivity index (χ3n) is 2.50. The topological polar surface area (TPSA) is 29.1 Å². The number of hydrogen-bond donors (Lipinski definition) is 1. The van der Waals surface area contributed by atoms with E-state index in [1.165, 1.54) is 0 Å². The molecule has 4 heteroatoms. The van der Waals surface area contributed by atoms with Crippen LogP contribution in [0, 0.1) is 6.92 Å². The number of rotatable bonds is 6.